The second-order valence-corrected chi connectivity index (χ2v) is 10.3. The lowest BCUT2D eigenvalue weighted by Gasteiger charge is -2.33. The maximum Gasteiger partial charge on any atom is 0.410 e. The molecule has 160 valence electrons. The normalized spacial score (nSPS) is 24.5. The summed E-state index contributed by atoms with van der Waals surface area (Å²) in [4.78, 5) is 28.8. The molecular formula is C20H28N2O5S2. The summed E-state index contributed by atoms with van der Waals surface area (Å²) in [5.41, 5.74) is -0.678. The fourth-order valence-electron chi connectivity index (χ4n) is 3.69. The first-order valence-corrected chi connectivity index (χ1v) is 11.8. The number of amides is 1. The Labute approximate surface area is 179 Å². The number of carboxylic acids is 1. The van der Waals surface area contributed by atoms with E-state index >= 15 is 0 Å². The van der Waals surface area contributed by atoms with Crippen molar-refractivity contribution in [2.24, 2.45) is 5.92 Å². The van der Waals surface area contributed by atoms with Gasteiger partial charge in [0.1, 0.15) is 6.10 Å². The molecule has 0 spiro atoms. The molecule has 1 saturated heterocycles. The minimum absolute atomic E-state index is 0.0430. The zero-order valence-electron chi connectivity index (χ0n) is 16.7. The van der Waals surface area contributed by atoms with E-state index in [1.165, 1.54) is 47.7 Å². The van der Waals surface area contributed by atoms with E-state index in [0.717, 1.165) is 6.42 Å². The van der Waals surface area contributed by atoms with Crippen molar-refractivity contribution in [1.82, 2.24) is 9.88 Å². The number of aromatic carboxylic acids is 1. The number of aromatic nitrogens is 1. The van der Waals surface area contributed by atoms with Crippen LogP contribution in [0.1, 0.15) is 56.4 Å². The van der Waals surface area contributed by atoms with E-state index in [1.54, 1.807) is 4.90 Å². The fourth-order valence-corrected chi connectivity index (χ4v) is 5.50. The van der Waals surface area contributed by atoms with Gasteiger partial charge in [0, 0.05) is 17.7 Å². The highest BCUT2D eigenvalue weighted by Crippen LogP contribution is 2.35. The zero-order chi connectivity index (χ0) is 21.0. The Bertz CT molecular complexity index is 760. The average molecular weight is 441 g/mol. The van der Waals surface area contributed by atoms with Gasteiger partial charge >= 0.3 is 12.1 Å². The maximum atomic E-state index is 12.2. The van der Waals surface area contributed by atoms with Crippen molar-refractivity contribution in [3.05, 3.63) is 23.2 Å². The van der Waals surface area contributed by atoms with E-state index in [-0.39, 0.29) is 23.9 Å². The van der Waals surface area contributed by atoms with Crippen LogP contribution in [0.15, 0.2) is 21.9 Å². The lowest BCUT2D eigenvalue weighted by atomic mass is 9.77. The largest absolute Gasteiger partial charge is 0.476 e. The van der Waals surface area contributed by atoms with Gasteiger partial charge in [0.15, 0.2) is 10.0 Å². The van der Waals surface area contributed by atoms with Gasteiger partial charge in [-0.2, -0.15) is 0 Å². The summed E-state index contributed by atoms with van der Waals surface area (Å²) in [5.74, 6) is 0.191. The highest BCUT2D eigenvalue weighted by molar-refractivity contribution is 8.01. The number of ether oxygens (including phenoxy) is 1. The van der Waals surface area contributed by atoms with Crippen molar-refractivity contribution < 1.29 is 24.5 Å². The van der Waals surface area contributed by atoms with Gasteiger partial charge in [0.2, 0.25) is 0 Å². The van der Waals surface area contributed by atoms with E-state index in [9.17, 15) is 14.7 Å². The SMILES string of the molecule is C[C@@H]1OC(=O)N(CCSc2nc(C(=O)O)cs2)[C@H]1/C=C/CC(C)(O)CC1CCC1. The van der Waals surface area contributed by atoms with Crippen molar-refractivity contribution in [2.45, 2.75) is 68.0 Å². The van der Waals surface area contributed by atoms with E-state index < -0.39 is 11.6 Å². The summed E-state index contributed by atoms with van der Waals surface area (Å²) in [6, 6.07) is -0.173. The van der Waals surface area contributed by atoms with Crippen LogP contribution in [-0.4, -0.2) is 62.2 Å². The predicted octanol–water partition coefficient (Wildman–Crippen LogP) is 4.03. The predicted molar refractivity (Wildman–Crippen MR) is 113 cm³/mol. The number of carboxylic acid groups (broad SMARTS) is 1. The fraction of sp³-hybridized carbons (Fsp3) is 0.650. The molecule has 1 aromatic heterocycles. The quantitative estimate of drug-likeness (QED) is 0.418. The van der Waals surface area contributed by atoms with Crippen molar-refractivity contribution in [3.63, 3.8) is 0 Å². The Hall–Kier alpha value is -1.58. The van der Waals surface area contributed by atoms with Crippen molar-refractivity contribution in [3.8, 4) is 0 Å². The molecule has 3 atom stereocenters. The molecule has 3 rings (SSSR count). The minimum atomic E-state index is -1.04. The van der Waals surface area contributed by atoms with Gasteiger partial charge in [-0.15, -0.1) is 11.3 Å². The van der Waals surface area contributed by atoms with Crippen LogP contribution in [0.25, 0.3) is 0 Å². The Kier molecular flexibility index (Phi) is 7.23. The van der Waals surface area contributed by atoms with E-state index in [2.05, 4.69) is 4.98 Å². The van der Waals surface area contributed by atoms with Crippen LogP contribution in [0.4, 0.5) is 4.79 Å². The Morgan fingerprint density at radius 2 is 2.28 bits per heavy atom. The molecule has 2 heterocycles. The van der Waals surface area contributed by atoms with Crippen LogP contribution in [0.2, 0.25) is 0 Å². The second-order valence-electron chi connectivity index (χ2n) is 8.06. The van der Waals surface area contributed by atoms with Crippen molar-refractivity contribution >= 4 is 35.2 Å². The van der Waals surface area contributed by atoms with Gasteiger partial charge in [-0.05, 0) is 32.6 Å². The van der Waals surface area contributed by atoms with E-state index in [1.807, 2.05) is 26.0 Å². The first kappa shape index (κ1) is 22.1. The van der Waals surface area contributed by atoms with Gasteiger partial charge in [-0.3, -0.25) is 4.90 Å². The summed E-state index contributed by atoms with van der Waals surface area (Å²) < 4.78 is 6.04. The van der Waals surface area contributed by atoms with Crippen LogP contribution < -0.4 is 0 Å². The van der Waals surface area contributed by atoms with E-state index in [0.29, 0.717) is 29.0 Å². The molecule has 0 aromatic carbocycles. The Morgan fingerprint density at radius 3 is 2.90 bits per heavy atom. The highest BCUT2D eigenvalue weighted by Gasteiger charge is 2.37. The number of carbonyl (C=O) groups excluding carboxylic acids is 1. The number of hydrogen-bond acceptors (Lipinski definition) is 7. The zero-order valence-corrected chi connectivity index (χ0v) is 18.4. The molecule has 1 saturated carbocycles. The third-order valence-electron chi connectivity index (χ3n) is 5.47. The standard InChI is InChI=1S/C20H28N2O5S2/c1-13-16(7-4-8-20(2,26)11-14-5-3-6-14)22(19(25)27-13)9-10-28-18-21-15(12-29-18)17(23)24/h4,7,12-14,16,26H,3,5-6,8-11H2,1-2H3,(H,23,24)/b7-4+/t13-,16-,20?/m0/s1. The van der Waals surface area contributed by atoms with Crippen molar-refractivity contribution in [1.29, 1.82) is 0 Å². The first-order valence-electron chi connectivity index (χ1n) is 9.93. The number of hydrogen-bond donors (Lipinski definition) is 2. The molecule has 1 unspecified atom stereocenters. The third kappa shape index (κ3) is 5.96. The number of aliphatic hydroxyl groups is 1. The molecule has 7 nitrogen and oxygen atoms in total. The summed E-state index contributed by atoms with van der Waals surface area (Å²) in [6.07, 6.45) is 8.38. The molecule has 2 N–H and O–H groups in total. The summed E-state index contributed by atoms with van der Waals surface area (Å²) >= 11 is 2.71. The van der Waals surface area contributed by atoms with E-state index in [4.69, 9.17) is 9.84 Å². The van der Waals surface area contributed by atoms with Crippen LogP contribution in [-0.2, 0) is 4.74 Å². The average Bonchev–Trinajstić information content (AvgIpc) is 3.18. The van der Waals surface area contributed by atoms with Crippen molar-refractivity contribution in [2.75, 3.05) is 12.3 Å². The number of thiazole rings is 1. The first-order chi connectivity index (χ1) is 13.7. The number of cyclic esters (lactones) is 1. The maximum absolute atomic E-state index is 12.2. The van der Waals surface area contributed by atoms with Gasteiger partial charge < -0.3 is 14.9 Å². The van der Waals surface area contributed by atoms with Crippen LogP contribution in [0, 0.1) is 5.92 Å². The summed E-state index contributed by atoms with van der Waals surface area (Å²) in [6.45, 7) is 4.22. The third-order valence-corrected chi connectivity index (χ3v) is 7.47. The van der Waals surface area contributed by atoms with Gasteiger partial charge in [-0.1, -0.05) is 43.2 Å². The number of rotatable bonds is 10. The summed E-state index contributed by atoms with van der Waals surface area (Å²) in [5, 5.41) is 21.1. The van der Waals surface area contributed by atoms with Crippen LogP contribution in [0.5, 0.6) is 0 Å². The van der Waals surface area contributed by atoms with Gasteiger partial charge in [0.05, 0.1) is 11.6 Å². The monoisotopic (exact) mass is 440 g/mol. The number of nitrogens with zero attached hydrogens (tertiary/aromatic N) is 2. The lowest BCUT2D eigenvalue weighted by molar-refractivity contribution is 0.0226. The topological polar surface area (TPSA) is 100.0 Å². The molecule has 2 fully saturated rings. The second kappa shape index (κ2) is 9.49. The Morgan fingerprint density at radius 1 is 1.52 bits per heavy atom. The minimum Gasteiger partial charge on any atom is -0.476 e. The molecule has 1 aromatic rings. The van der Waals surface area contributed by atoms with Crippen LogP contribution >= 0.6 is 23.1 Å². The van der Waals surface area contributed by atoms with Gasteiger partial charge in [0.25, 0.3) is 0 Å². The Balaban J connectivity index is 1.51. The molecule has 1 amide bonds. The molecule has 29 heavy (non-hydrogen) atoms. The molecule has 2 aliphatic rings. The van der Waals surface area contributed by atoms with Gasteiger partial charge in [-0.25, -0.2) is 14.6 Å². The number of carbonyl (C=O) groups is 2. The smallest absolute Gasteiger partial charge is 0.410 e. The molecule has 1 aliphatic heterocycles. The molecular weight excluding hydrogens is 412 g/mol. The molecule has 0 bridgehead atoms. The highest BCUT2D eigenvalue weighted by atomic mass is 32.2. The molecule has 9 heteroatoms. The molecule has 0 radical (unpaired) electrons. The summed E-state index contributed by atoms with van der Waals surface area (Å²) in [7, 11) is 0. The molecule has 1 aliphatic carbocycles. The van der Waals surface area contributed by atoms with Crippen LogP contribution in [0.3, 0.4) is 0 Å². The lowest BCUT2D eigenvalue weighted by Crippen LogP contribution is -2.36. The number of thioether (sulfide) groups is 1.